The molecule has 0 aliphatic rings. The maximum atomic E-state index is 9.12. The largest absolute Gasteiger partial charge is 0.0209 e. The van der Waals surface area contributed by atoms with E-state index in [9.17, 15) is 0 Å². The van der Waals surface area contributed by atoms with Gasteiger partial charge in [0, 0.05) is 45.7 Å². The van der Waals surface area contributed by atoms with E-state index >= 15 is 0 Å². The van der Waals surface area contributed by atoms with Crippen molar-refractivity contribution in [2.45, 2.75) is 0 Å². The van der Waals surface area contributed by atoms with Crippen LogP contribution in [0, 0.1) is 0 Å². The standard InChI is InChI=1S/F2O.Li.Ti/c1-3-2;;. The second-order valence-electron chi connectivity index (χ2n) is 0.0583. The third kappa shape index (κ3) is 39.3. The SMILES string of the molecule is FOF.[Li].[Ti]. The van der Waals surface area contributed by atoms with Crippen molar-refractivity contribution in [3.05, 3.63) is 0 Å². The summed E-state index contributed by atoms with van der Waals surface area (Å²) in [6, 6.07) is 0. The van der Waals surface area contributed by atoms with E-state index < -0.39 is 0 Å². The molecule has 25 valence electrons. The van der Waals surface area contributed by atoms with E-state index in [4.69, 9.17) is 9.05 Å². The first-order chi connectivity index (χ1) is 1.41. The molecule has 0 amide bonds. The van der Waals surface area contributed by atoms with Crippen LogP contribution in [0.1, 0.15) is 0 Å². The summed E-state index contributed by atoms with van der Waals surface area (Å²) in [7, 11) is 0. The van der Waals surface area contributed by atoms with Gasteiger partial charge in [0.2, 0.25) is 0 Å². The third-order valence-corrected chi connectivity index (χ3v) is 0. The molecule has 5 heteroatoms. The maximum absolute atomic E-state index is 9.12. The summed E-state index contributed by atoms with van der Waals surface area (Å²) < 4.78 is 18.2. The molecule has 0 unspecified atom stereocenters. The molecule has 0 bridgehead atoms. The molecular formula is F2LiOTi. The van der Waals surface area contributed by atoms with E-state index in [0.29, 0.717) is 0 Å². The Kier molecular flexibility index (Phi) is 63.5. The van der Waals surface area contributed by atoms with Crippen molar-refractivity contribution in [2.75, 3.05) is 0 Å². The van der Waals surface area contributed by atoms with Crippen LogP contribution >= 0.6 is 0 Å². The van der Waals surface area contributed by atoms with Crippen molar-refractivity contribution in [2.24, 2.45) is 0 Å². The van der Waals surface area contributed by atoms with Crippen molar-refractivity contribution in [3.8, 4) is 0 Å². The van der Waals surface area contributed by atoms with Crippen LogP contribution in [-0.4, -0.2) is 18.9 Å². The number of rotatable bonds is 0. The van der Waals surface area contributed by atoms with Crippen molar-refractivity contribution >= 4 is 18.9 Å². The molecule has 0 fully saturated rings. The second-order valence-corrected chi connectivity index (χ2v) is 0.0583. The molecule has 5 heavy (non-hydrogen) atoms. The van der Waals surface area contributed by atoms with Gasteiger partial charge < -0.3 is 0 Å². The Morgan fingerprint density at radius 1 is 1.20 bits per heavy atom. The fourth-order valence-electron chi connectivity index (χ4n) is 0. The average Bonchev–Trinajstić information content (AvgIpc) is 0.918. The quantitative estimate of drug-likeness (QED) is 0.408. The van der Waals surface area contributed by atoms with Crippen molar-refractivity contribution in [1.82, 2.24) is 0 Å². The van der Waals surface area contributed by atoms with E-state index in [1.165, 1.54) is 5.15 Å². The van der Waals surface area contributed by atoms with Gasteiger partial charge in [0.05, 0.1) is 0 Å². The van der Waals surface area contributed by atoms with Gasteiger partial charge in [-0.15, -0.1) is 0 Å². The summed E-state index contributed by atoms with van der Waals surface area (Å²) in [6.45, 7) is 0. The van der Waals surface area contributed by atoms with E-state index in [1.54, 1.807) is 0 Å². The number of halogens is 2. The Labute approximate surface area is 54.9 Å². The fraction of sp³-hybridized carbons (Fsp3) is 0. The normalized spacial score (nSPS) is 3.60. The second kappa shape index (κ2) is 19.3. The Bertz CT molecular complexity index is 9.61. The third-order valence-electron chi connectivity index (χ3n) is 0. The Morgan fingerprint density at radius 3 is 1.20 bits per heavy atom. The van der Waals surface area contributed by atoms with Gasteiger partial charge in [-0.25, -0.2) is 0 Å². The topological polar surface area (TPSA) is 9.23 Å². The molecule has 0 aromatic rings. The van der Waals surface area contributed by atoms with Crippen molar-refractivity contribution < 1.29 is 35.9 Å². The van der Waals surface area contributed by atoms with Crippen LogP contribution in [0.15, 0.2) is 0 Å². The van der Waals surface area contributed by atoms with Gasteiger partial charge in [0.25, 0.3) is 0 Å². The van der Waals surface area contributed by atoms with E-state index in [2.05, 4.69) is 0 Å². The Morgan fingerprint density at radius 2 is 1.20 bits per heavy atom. The summed E-state index contributed by atoms with van der Waals surface area (Å²) in [5.74, 6) is 0. The Balaban J connectivity index is -0.0000000200. The zero-order chi connectivity index (χ0) is 2.71. The van der Waals surface area contributed by atoms with Crippen molar-refractivity contribution in [3.63, 3.8) is 0 Å². The average molecular weight is 109 g/mol. The van der Waals surface area contributed by atoms with Gasteiger partial charge in [0.1, 0.15) is 0 Å². The van der Waals surface area contributed by atoms with Gasteiger partial charge in [-0.3, -0.25) is 0 Å². The molecule has 0 aliphatic heterocycles. The van der Waals surface area contributed by atoms with Crippen LogP contribution in [0.3, 0.4) is 0 Å². The Hall–Kier alpha value is 1.13. The molecule has 0 aromatic carbocycles. The maximum Gasteiger partial charge on any atom is 0.0209 e. The first-order valence-corrected chi connectivity index (χ1v) is 0.309. The summed E-state index contributed by atoms with van der Waals surface area (Å²) >= 11 is 0. The van der Waals surface area contributed by atoms with Gasteiger partial charge in [-0.1, -0.05) is 0 Å². The molecule has 0 N–H and O–H groups in total. The zero-order valence-corrected chi connectivity index (χ0v) is 4.23. The monoisotopic (exact) mass is 109 g/mol. The van der Waals surface area contributed by atoms with Gasteiger partial charge in [-0.05, 0) is 9.05 Å². The van der Waals surface area contributed by atoms with Crippen LogP contribution in [0.4, 0.5) is 9.05 Å². The predicted octanol–water partition coefficient (Wildman–Crippen LogP) is 0.389. The minimum Gasteiger partial charge on any atom is -0.0104 e. The summed E-state index contributed by atoms with van der Waals surface area (Å²) in [5.41, 5.74) is 0. The van der Waals surface area contributed by atoms with Crippen LogP contribution in [-0.2, 0) is 26.9 Å². The molecule has 0 heterocycles. The van der Waals surface area contributed by atoms with Gasteiger partial charge in [0.15, 0.2) is 0 Å². The first-order valence-electron chi connectivity index (χ1n) is 0.309. The van der Waals surface area contributed by atoms with E-state index in [1.807, 2.05) is 0 Å². The summed E-state index contributed by atoms with van der Waals surface area (Å²) in [6.07, 6.45) is 0. The molecule has 0 aromatic heterocycles. The molecule has 0 saturated carbocycles. The molecule has 0 aliphatic carbocycles. The van der Waals surface area contributed by atoms with Crippen molar-refractivity contribution in [1.29, 1.82) is 0 Å². The molecule has 1 nitrogen and oxygen atoms in total. The number of hydrogen-bond donors (Lipinski definition) is 0. The summed E-state index contributed by atoms with van der Waals surface area (Å²) in [4.78, 5) is 0. The summed E-state index contributed by atoms with van der Waals surface area (Å²) in [5, 5.41) is 1.25. The van der Waals surface area contributed by atoms with E-state index in [0.717, 1.165) is 0 Å². The predicted molar refractivity (Wildman–Crippen MR) is 9.05 cm³/mol. The number of hydrogen-bond acceptors (Lipinski definition) is 1. The molecule has 0 spiro atoms. The van der Waals surface area contributed by atoms with Crippen LogP contribution in [0.2, 0.25) is 0 Å². The minimum atomic E-state index is 0. The fourth-order valence-corrected chi connectivity index (χ4v) is 0. The molecule has 0 saturated heterocycles. The van der Waals surface area contributed by atoms with Gasteiger partial charge >= 0.3 is 0 Å². The van der Waals surface area contributed by atoms with Gasteiger partial charge in [-0.2, -0.15) is 0 Å². The van der Waals surface area contributed by atoms with Crippen LogP contribution in [0.5, 0.6) is 0 Å². The molecule has 0 rings (SSSR count). The minimum absolute atomic E-state index is 0. The molecule has 0 atom stereocenters. The first kappa shape index (κ1) is 16.5. The van der Waals surface area contributed by atoms with E-state index in [-0.39, 0.29) is 40.6 Å². The smallest absolute Gasteiger partial charge is 0.0104 e. The molecule has 1 radical (unpaired) electrons. The molecular weight excluding hydrogens is 109 g/mol. The van der Waals surface area contributed by atoms with Crippen LogP contribution < -0.4 is 0 Å². The van der Waals surface area contributed by atoms with Crippen LogP contribution in [0.25, 0.3) is 0 Å². The zero-order valence-electron chi connectivity index (χ0n) is 2.66.